The van der Waals surface area contributed by atoms with E-state index in [2.05, 4.69) is 46.4 Å². The first kappa shape index (κ1) is 20.9. The Hall–Kier alpha value is -0.130. The van der Waals surface area contributed by atoms with Crippen molar-refractivity contribution in [2.75, 3.05) is 25.9 Å². The zero-order chi connectivity index (χ0) is 18.1. The number of sulfonamides is 1. The lowest BCUT2D eigenvalue weighted by Gasteiger charge is -2.38. The molecule has 2 unspecified atom stereocenters. The fraction of sp³-hybridized carbons (Fsp3) is 1.00. The molecule has 5 heteroatoms. The van der Waals surface area contributed by atoms with Gasteiger partial charge in [0.2, 0.25) is 10.0 Å². The van der Waals surface area contributed by atoms with Crippen molar-refractivity contribution in [3.05, 3.63) is 0 Å². The van der Waals surface area contributed by atoms with E-state index in [0.29, 0.717) is 23.9 Å². The molecule has 0 aromatic carbocycles. The van der Waals surface area contributed by atoms with Gasteiger partial charge >= 0.3 is 0 Å². The predicted octanol–water partition coefficient (Wildman–Crippen LogP) is 3.58. The predicted molar refractivity (Wildman–Crippen MR) is 99.1 cm³/mol. The highest BCUT2D eigenvalue weighted by Crippen LogP contribution is 2.38. The summed E-state index contributed by atoms with van der Waals surface area (Å²) in [5.74, 6) is 0.508. The third-order valence-corrected chi connectivity index (χ3v) is 6.78. The largest absolute Gasteiger partial charge is 0.300 e. The lowest BCUT2D eigenvalue weighted by Crippen LogP contribution is -2.48. The molecule has 1 heterocycles. The van der Waals surface area contributed by atoms with Crippen LogP contribution >= 0.6 is 0 Å². The zero-order valence-electron chi connectivity index (χ0n) is 16.5. The first-order chi connectivity index (χ1) is 10.3. The van der Waals surface area contributed by atoms with Crippen LogP contribution in [0.3, 0.4) is 0 Å². The summed E-state index contributed by atoms with van der Waals surface area (Å²) in [6.45, 7) is 18.1. The zero-order valence-corrected chi connectivity index (χ0v) is 17.3. The normalized spacial score (nSPS) is 24.3. The third-order valence-electron chi connectivity index (χ3n) is 5.23. The van der Waals surface area contributed by atoms with E-state index in [-0.39, 0.29) is 5.54 Å². The second-order valence-electron chi connectivity index (χ2n) is 8.87. The maximum Gasteiger partial charge on any atom is 0.211 e. The van der Waals surface area contributed by atoms with Gasteiger partial charge < -0.3 is 4.90 Å². The van der Waals surface area contributed by atoms with Gasteiger partial charge in [-0.3, -0.25) is 0 Å². The second-order valence-corrected chi connectivity index (χ2v) is 10.8. The molecule has 0 saturated carbocycles. The Kier molecular flexibility index (Phi) is 6.73. The molecule has 1 aliphatic heterocycles. The van der Waals surface area contributed by atoms with Crippen LogP contribution < -0.4 is 0 Å². The van der Waals surface area contributed by atoms with Crippen molar-refractivity contribution in [3.8, 4) is 0 Å². The summed E-state index contributed by atoms with van der Waals surface area (Å²) in [7, 11) is -3.16. The minimum absolute atomic E-state index is 0.326. The van der Waals surface area contributed by atoms with E-state index in [1.165, 1.54) is 19.2 Å². The fourth-order valence-corrected chi connectivity index (χ4v) is 6.17. The summed E-state index contributed by atoms with van der Waals surface area (Å²) < 4.78 is 25.7. The molecule has 1 fully saturated rings. The highest BCUT2D eigenvalue weighted by atomic mass is 32.2. The van der Waals surface area contributed by atoms with E-state index < -0.39 is 10.0 Å². The first-order valence-corrected chi connectivity index (χ1v) is 10.9. The molecule has 0 N–H and O–H groups in total. The molecule has 1 rings (SSSR count). The van der Waals surface area contributed by atoms with Gasteiger partial charge in [-0.2, -0.15) is 4.31 Å². The van der Waals surface area contributed by atoms with E-state index in [1.807, 2.05) is 6.92 Å². The van der Waals surface area contributed by atoms with E-state index in [0.717, 1.165) is 19.4 Å². The molecule has 1 saturated heterocycles. The van der Waals surface area contributed by atoms with Crippen LogP contribution in [0.5, 0.6) is 0 Å². The van der Waals surface area contributed by atoms with Crippen LogP contribution in [0, 0.1) is 11.3 Å². The number of hydrogen-bond donors (Lipinski definition) is 0. The molecule has 0 aromatic rings. The van der Waals surface area contributed by atoms with Crippen molar-refractivity contribution in [1.29, 1.82) is 0 Å². The average molecular weight is 347 g/mol. The highest BCUT2D eigenvalue weighted by molar-refractivity contribution is 7.88. The highest BCUT2D eigenvalue weighted by Gasteiger charge is 2.39. The summed E-state index contributed by atoms with van der Waals surface area (Å²) in [6, 6.07) is 0.633. The summed E-state index contributed by atoms with van der Waals surface area (Å²) in [5, 5.41) is 0. The molecule has 2 atom stereocenters. The van der Waals surface area contributed by atoms with Gasteiger partial charge in [0.25, 0.3) is 0 Å². The van der Waals surface area contributed by atoms with Crippen molar-refractivity contribution in [1.82, 2.24) is 9.21 Å². The Morgan fingerprint density at radius 3 is 2.30 bits per heavy atom. The Morgan fingerprint density at radius 2 is 1.87 bits per heavy atom. The van der Waals surface area contributed by atoms with Gasteiger partial charge in [0.05, 0.1) is 6.26 Å². The smallest absolute Gasteiger partial charge is 0.211 e. The fourth-order valence-electron chi connectivity index (χ4n) is 4.73. The summed E-state index contributed by atoms with van der Waals surface area (Å²) in [4.78, 5) is 2.59. The molecule has 0 spiro atoms. The SMILES string of the molecule is CCN1CC(C)(C)CC1CC(C)CC(C)(C)N(CC)S(C)(=O)=O. The van der Waals surface area contributed by atoms with Crippen LogP contribution in [-0.2, 0) is 10.0 Å². The topological polar surface area (TPSA) is 40.6 Å². The van der Waals surface area contributed by atoms with Crippen molar-refractivity contribution in [2.45, 2.75) is 79.3 Å². The Balaban J connectivity index is 2.73. The minimum atomic E-state index is -3.16. The van der Waals surface area contributed by atoms with Crippen LogP contribution in [0.2, 0.25) is 0 Å². The Bertz CT molecular complexity index is 485. The maximum absolute atomic E-state index is 12.0. The second kappa shape index (κ2) is 7.40. The van der Waals surface area contributed by atoms with Crippen LogP contribution in [0.1, 0.15) is 67.7 Å². The van der Waals surface area contributed by atoms with Crippen molar-refractivity contribution in [2.24, 2.45) is 11.3 Å². The molecule has 0 radical (unpaired) electrons. The lowest BCUT2D eigenvalue weighted by atomic mass is 9.84. The van der Waals surface area contributed by atoms with Crippen molar-refractivity contribution < 1.29 is 8.42 Å². The lowest BCUT2D eigenvalue weighted by molar-refractivity contribution is 0.167. The van der Waals surface area contributed by atoms with Gasteiger partial charge in [-0.25, -0.2) is 8.42 Å². The van der Waals surface area contributed by atoms with Crippen molar-refractivity contribution >= 4 is 10.0 Å². The van der Waals surface area contributed by atoms with Gasteiger partial charge in [-0.1, -0.05) is 34.6 Å². The van der Waals surface area contributed by atoms with Crippen LogP contribution in [0.4, 0.5) is 0 Å². The Morgan fingerprint density at radius 1 is 1.30 bits per heavy atom. The molecule has 0 aromatic heterocycles. The van der Waals surface area contributed by atoms with Crippen LogP contribution in [0.15, 0.2) is 0 Å². The van der Waals surface area contributed by atoms with E-state index in [9.17, 15) is 8.42 Å². The molecule has 4 nitrogen and oxygen atoms in total. The van der Waals surface area contributed by atoms with Crippen molar-refractivity contribution in [3.63, 3.8) is 0 Å². The monoisotopic (exact) mass is 346 g/mol. The average Bonchev–Trinajstić information content (AvgIpc) is 2.60. The van der Waals surface area contributed by atoms with Crippen LogP contribution in [0.25, 0.3) is 0 Å². The first-order valence-electron chi connectivity index (χ1n) is 9.04. The van der Waals surface area contributed by atoms with E-state index >= 15 is 0 Å². The van der Waals surface area contributed by atoms with Gasteiger partial charge in [0.1, 0.15) is 0 Å². The van der Waals surface area contributed by atoms with Gasteiger partial charge in [0.15, 0.2) is 0 Å². The molecule has 0 amide bonds. The summed E-state index contributed by atoms with van der Waals surface area (Å²) >= 11 is 0. The quantitative estimate of drug-likeness (QED) is 0.674. The molecule has 0 aliphatic carbocycles. The molecule has 1 aliphatic rings. The third kappa shape index (κ3) is 5.71. The number of rotatable bonds is 8. The number of hydrogen-bond acceptors (Lipinski definition) is 3. The molecule has 138 valence electrons. The molecule has 0 bridgehead atoms. The summed E-state index contributed by atoms with van der Waals surface area (Å²) in [5.41, 5.74) is 0.0744. The number of likely N-dealkylation sites (tertiary alicyclic amines) is 1. The van der Waals surface area contributed by atoms with E-state index in [4.69, 9.17) is 0 Å². The Labute approximate surface area is 144 Å². The summed E-state index contributed by atoms with van der Waals surface area (Å²) in [6.07, 6.45) is 4.63. The maximum atomic E-state index is 12.0. The molecular weight excluding hydrogens is 308 g/mol. The molecular formula is C18H38N2O2S. The minimum Gasteiger partial charge on any atom is -0.300 e. The van der Waals surface area contributed by atoms with Gasteiger partial charge in [-0.15, -0.1) is 0 Å². The van der Waals surface area contributed by atoms with E-state index in [1.54, 1.807) is 4.31 Å². The van der Waals surface area contributed by atoms with Gasteiger partial charge in [0, 0.05) is 24.7 Å². The standard InChI is InChI=1S/C18H38N2O2S/c1-9-19-14-17(4,5)13-16(19)11-15(3)12-18(6,7)20(10-2)23(8,21)22/h15-16H,9-14H2,1-8H3. The number of nitrogens with zero attached hydrogens (tertiary/aromatic N) is 2. The molecule has 23 heavy (non-hydrogen) atoms. The van der Waals surface area contributed by atoms with Crippen LogP contribution in [-0.4, -0.2) is 55.1 Å². The van der Waals surface area contributed by atoms with Gasteiger partial charge in [-0.05, 0) is 51.0 Å².